The molecule has 3 N–H and O–H groups in total. The summed E-state index contributed by atoms with van der Waals surface area (Å²) in [5.74, 6) is 6.02. The molecule has 2 nitrogen and oxygen atoms in total. The molecule has 0 aliphatic carbocycles. The molecule has 0 amide bonds. The monoisotopic (exact) mass is 184 g/mol. The Bertz CT molecular complexity index is 242. The van der Waals surface area contributed by atoms with Crippen LogP contribution >= 0.6 is 11.3 Å². The molecule has 1 heterocycles. The second-order valence-corrected chi connectivity index (χ2v) is 4.44. The van der Waals surface area contributed by atoms with Crippen LogP contribution in [-0.4, -0.2) is 0 Å². The van der Waals surface area contributed by atoms with Gasteiger partial charge in [-0.1, -0.05) is 13.8 Å². The molecule has 1 aromatic rings. The van der Waals surface area contributed by atoms with Crippen LogP contribution in [0.25, 0.3) is 0 Å². The summed E-state index contributed by atoms with van der Waals surface area (Å²) in [7, 11) is 0. The molecule has 0 aliphatic heterocycles. The number of rotatable bonds is 3. The highest BCUT2D eigenvalue weighted by Crippen LogP contribution is 2.26. The number of aryl methyl sites for hydroxylation is 1. The molecule has 1 aromatic heterocycles. The summed E-state index contributed by atoms with van der Waals surface area (Å²) in [5.41, 5.74) is 4.18. The molecular weight excluding hydrogens is 168 g/mol. The lowest BCUT2D eigenvalue weighted by Gasteiger charge is -2.19. The van der Waals surface area contributed by atoms with E-state index in [1.807, 2.05) is 0 Å². The zero-order valence-electron chi connectivity index (χ0n) is 7.79. The lowest BCUT2D eigenvalue weighted by atomic mass is 9.98. The molecule has 1 atom stereocenters. The van der Waals surface area contributed by atoms with Crippen molar-refractivity contribution >= 4 is 11.3 Å². The minimum absolute atomic E-state index is 0.288. The number of nitrogens with two attached hydrogens (primary N) is 1. The molecule has 1 unspecified atom stereocenters. The van der Waals surface area contributed by atoms with Crippen LogP contribution in [0.5, 0.6) is 0 Å². The van der Waals surface area contributed by atoms with E-state index in [-0.39, 0.29) is 6.04 Å². The summed E-state index contributed by atoms with van der Waals surface area (Å²) in [6, 6.07) is 2.43. The first-order valence-electron chi connectivity index (χ1n) is 4.17. The molecule has 68 valence electrons. The minimum atomic E-state index is 0.288. The first kappa shape index (κ1) is 9.71. The Morgan fingerprint density at radius 1 is 1.50 bits per heavy atom. The molecule has 1 rings (SSSR count). The molecule has 0 aliphatic rings. The van der Waals surface area contributed by atoms with Crippen molar-refractivity contribution in [3.8, 4) is 0 Å². The van der Waals surface area contributed by atoms with E-state index in [4.69, 9.17) is 5.84 Å². The van der Waals surface area contributed by atoms with Crippen molar-refractivity contribution in [2.24, 2.45) is 11.8 Å². The fourth-order valence-corrected chi connectivity index (χ4v) is 2.11. The topological polar surface area (TPSA) is 38.0 Å². The smallest absolute Gasteiger partial charge is 0.0493 e. The highest BCUT2D eigenvalue weighted by atomic mass is 32.1. The van der Waals surface area contributed by atoms with Crippen molar-refractivity contribution in [2.75, 3.05) is 0 Å². The van der Waals surface area contributed by atoms with E-state index in [9.17, 15) is 0 Å². The Hall–Kier alpha value is -0.380. The van der Waals surface area contributed by atoms with Gasteiger partial charge >= 0.3 is 0 Å². The Labute approximate surface area is 77.8 Å². The standard InChI is InChI=1S/C9H16N2S/c1-6(2)9(11-10)8-4-5-12-7(8)3/h4-6,9,11H,10H2,1-3H3. The third-order valence-corrected chi connectivity index (χ3v) is 2.94. The highest BCUT2D eigenvalue weighted by Gasteiger charge is 2.16. The first-order chi connectivity index (χ1) is 5.66. The van der Waals surface area contributed by atoms with Crippen molar-refractivity contribution in [3.63, 3.8) is 0 Å². The number of thiophene rings is 1. The van der Waals surface area contributed by atoms with E-state index in [0.29, 0.717) is 5.92 Å². The van der Waals surface area contributed by atoms with Crippen LogP contribution in [0.1, 0.15) is 30.3 Å². The Morgan fingerprint density at radius 3 is 2.50 bits per heavy atom. The van der Waals surface area contributed by atoms with Crippen LogP contribution in [0, 0.1) is 12.8 Å². The average molecular weight is 184 g/mol. The maximum Gasteiger partial charge on any atom is 0.0493 e. The third kappa shape index (κ3) is 1.86. The predicted molar refractivity (Wildman–Crippen MR) is 54.0 cm³/mol. The third-order valence-electron chi connectivity index (χ3n) is 2.08. The molecular formula is C9H16N2S. The number of hydrogen-bond acceptors (Lipinski definition) is 3. The Kier molecular flexibility index (Phi) is 3.26. The van der Waals surface area contributed by atoms with Gasteiger partial charge in [-0.25, -0.2) is 0 Å². The van der Waals surface area contributed by atoms with Gasteiger partial charge in [0.25, 0.3) is 0 Å². The van der Waals surface area contributed by atoms with Gasteiger partial charge < -0.3 is 0 Å². The average Bonchev–Trinajstić information content (AvgIpc) is 2.38. The molecule has 0 saturated heterocycles. The summed E-state index contributed by atoms with van der Waals surface area (Å²) in [4.78, 5) is 1.35. The fourth-order valence-electron chi connectivity index (χ4n) is 1.36. The van der Waals surface area contributed by atoms with E-state index in [1.54, 1.807) is 11.3 Å². The molecule has 3 heteroatoms. The van der Waals surface area contributed by atoms with E-state index < -0.39 is 0 Å². The van der Waals surface area contributed by atoms with Crippen LogP contribution in [-0.2, 0) is 0 Å². The van der Waals surface area contributed by atoms with Crippen molar-refractivity contribution in [1.82, 2.24) is 5.43 Å². The van der Waals surface area contributed by atoms with Gasteiger partial charge in [-0.15, -0.1) is 11.3 Å². The van der Waals surface area contributed by atoms with E-state index in [1.165, 1.54) is 10.4 Å². The molecule has 0 bridgehead atoms. The molecule has 12 heavy (non-hydrogen) atoms. The lowest BCUT2D eigenvalue weighted by molar-refractivity contribution is 0.421. The van der Waals surface area contributed by atoms with Gasteiger partial charge in [-0.3, -0.25) is 11.3 Å². The van der Waals surface area contributed by atoms with Gasteiger partial charge in [0.15, 0.2) is 0 Å². The van der Waals surface area contributed by atoms with Crippen molar-refractivity contribution in [1.29, 1.82) is 0 Å². The van der Waals surface area contributed by atoms with Gasteiger partial charge in [0, 0.05) is 10.9 Å². The van der Waals surface area contributed by atoms with E-state index >= 15 is 0 Å². The maximum absolute atomic E-state index is 5.49. The zero-order chi connectivity index (χ0) is 9.14. The molecule has 0 radical (unpaired) electrons. The first-order valence-corrected chi connectivity index (χ1v) is 5.05. The quantitative estimate of drug-likeness (QED) is 0.558. The molecule has 0 aromatic carbocycles. The summed E-state index contributed by atoms with van der Waals surface area (Å²) < 4.78 is 0. The Balaban J connectivity index is 2.87. The van der Waals surface area contributed by atoms with Gasteiger partial charge in [0.1, 0.15) is 0 Å². The number of hydrogen-bond donors (Lipinski definition) is 2. The van der Waals surface area contributed by atoms with Crippen molar-refractivity contribution < 1.29 is 0 Å². The lowest BCUT2D eigenvalue weighted by Crippen LogP contribution is -2.31. The second-order valence-electron chi connectivity index (χ2n) is 3.32. The SMILES string of the molecule is Cc1sccc1C(NN)C(C)C. The van der Waals surface area contributed by atoms with Gasteiger partial charge in [-0.05, 0) is 29.9 Å². The van der Waals surface area contributed by atoms with Gasteiger partial charge in [0.2, 0.25) is 0 Å². The van der Waals surface area contributed by atoms with E-state index in [2.05, 4.69) is 37.6 Å². The zero-order valence-corrected chi connectivity index (χ0v) is 8.61. The van der Waals surface area contributed by atoms with Crippen LogP contribution < -0.4 is 11.3 Å². The normalized spacial score (nSPS) is 13.8. The van der Waals surface area contributed by atoms with Gasteiger partial charge in [0.05, 0.1) is 0 Å². The predicted octanol–water partition coefficient (Wildman–Crippen LogP) is 2.22. The van der Waals surface area contributed by atoms with Crippen LogP contribution in [0.4, 0.5) is 0 Å². The molecule has 0 spiro atoms. The maximum atomic E-state index is 5.49. The largest absolute Gasteiger partial charge is 0.271 e. The number of hydrazine groups is 1. The van der Waals surface area contributed by atoms with Crippen molar-refractivity contribution in [2.45, 2.75) is 26.8 Å². The molecule has 0 saturated carbocycles. The summed E-state index contributed by atoms with van der Waals surface area (Å²) in [6.07, 6.45) is 0. The Morgan fingerprint density at radius 2 is 2.17 bits per heavy atom. The molecule has 0 fully saturated rings. The number of nitrogens with one attached hydrogen (secondary N) is 1. The minimum Gasteiger partial charge on any atom is -0.271 e. The highest BCUT2D eigenvalue weighted by molar-refractivity contribution is 7.10. The summed E-state index contributed by atoms with van der Waals surface area (Å²) in [5, 5.41) is 2.11. The van der Waals surface area contributed by atoms with Crippen LogP contribution in [0.15, 0.2) is 11.4 Å². The van der Waals surface area contributed by atoms with Crippen LogP contribution in [0.3, 0.4) is 0 Å². The van der Waals surface area contributed by atoms with E-state index in [0.717, 1.165) is 0 Å². The van der Waals surface area contributed by atoms with Crippen LogP contribution in [0.2, 0.25) is 0 Å². The summed E-state index contributed by atoms with van der Waals surface area (Å²) >= 11 is 1.77. The van der Waals surface area contributed by atoms with Gasteiger partial charge in [-0.2, -0.15) is 0 Å². The summed E-state index contributed by atoms with van der Waals surface area (Å²) in [6.45, 7) is 6.47. The van der Waals surface area contributed by atoms with Crippen molar-refractivity contribution in [3.05, 3.63) is 21.9 Å². The fraction of sp³-hybridized carbons (Fsp3) is 0.556. The second kappa shape index (κ2) is 4.03.